The first kappa shape index (κ1) is 22.5. The highest BCUT2D eigenvalue weighted by Crippen LogP contribution is 2.24. The second kappa shape index (κ2) is 9.32. The van der Waals surface area contributed by atoms with Gasteiger partial charge in [0.05, 0.1) is 11.1 Å². The van der Waals surface area contributed by atoms with E-state index in [1.165, 1.54) is 17.2 Å². The van der Waals surface area contributed by atoms with Gasteiger partial charge in [0.25, 0.3) is 11.8 Å². The van der Waals surface area contributed by atoms with Crippen LogP contribution in [0.1, 0.15) is 39.8 Å². The molecule has 9 heteroatoms. The van der Waals surface area contributed by atoms with E-state index < -0.39 is 23.8 Å². The van der Waals surface area contributed by atoms with Crippen molar-refractivity contribution in [2.24, 2.45) is 11.5 Å². The van der Waals surface area contributed by atoms with Gasteiger partial charge in [0.1, 0.15) is 5.82 Å². The standard InChI is InChI=1S/C23H23N5O4/c1-3-11-27(2)23(32)18(29)10-7-14-5-4-6-15(12-14)22-26-19(21(25)31)17-9-8-16(20(24)30)13-28(17)22/h4-6,8-9,12-13,18,29H,3,11H2,1-2H3,(H2,24,30)(H2,25,31)/t18-/m1/s1. The highest BCUT2D eigenvalue weighted by molar-refractivity contribution is 6.00. The lowest BCUT2D eigenvalue weighted by Crippen LogP contribution is -2.36. The van der Waals surface area contributed by atoms with Gasteiger partial charge in [-0.05, 0) is 30.7 Å². The van der Waals surface area contributed by atoms with Gasteiger partial charge in [-0.3, -0.25) is 18.8 Å². The van der Waals surface area contributed by atoms with Crippen LogP contribution in [0, 0.1) is 11.8 Å². The van der Waals surface area contributed by atoms with Gasteiger partial charge in [-0.1, -0.05) is 30.9 Å². The first-order chi connectivity index (χ1) is 15.2. The molecule has 0 aliphatic rings. The number of nitrogens with zero attached hydrogens (tertiary/aromatic N) is 3. The van der Waals surface area contributed by atoms with Crippen LogP contribution < -0.4 is 11.5 Å². The summed E-state index contributed by atoms with van der Waals surface area (Å²) in [7, 11) is 1.61. The molecule has 32 heavy (non-hydrogen) atoms. The highest BCUT2D eigenvalue weighted by Gasteiger charge is 2.18. The molecular formula is C23H23N5O4. The minimum absolute atomic E-state index is 0.0486. The highest BCUT2D eigenvalue weighted by atomic mass is 16.3. The Labute approximate surface area is 184 Å². The van der Waals surface area contributed by atoms with Crippen LogP contribution in [-0.4, -0.2) is 56.8 Å². The topological polar surface area (TPSA) is 144 Å². The molecule has 1 atom stereocenters. The number of amides is 3. The summed E-state index contributed by atoms with van der Waals surface area (Å²) in [5.41, 5.74) is 12.7. The molecule has 9 nitrogen and oxygen atoms in total. The fourth-order valence-corrected chi connectivity index (χ4v) is 3.22. The largest absolute Gasteiger partial charge is 0.372 e. The number of pyridine rings is 1. The third-order valence-corrected chi connectivity index (χ3v) is 4.80. The van der Waals surface area contributed by atoms with E-state index in [9.17, 15) is 19.5 Å². The number of nitrogens with two attached hydrogens (primary N) is 2. The number of aromatic nitrogens is 2. The van der Waals surface area contributed by atoms with Gasteiger partial charge >= 0.3 is 0 Å². The van der Waals surface area contributed by atoms with Crippen LogP contribution in [-0.2, 0) is 4.79 Å². The van der Waals surface area contributed by atoms with Crippen molar-refractivity contribution in [3.05, 3.63) is 59.4 Å². The Morgan fingerprint density at radius 3 is 2.59 bits per heavy atom. The van der Waals surface area contributed by atoms with E-state index in [0.29, 0.717) is 29.0 Å². The van der Waals surface area contributed by atoms with Crippen molar-refractivity contribution in [2.45, 2.75) is 19.4 Å². The Morgan fingerprint density at radius 2 is 1.94 bits per heavy atom. The van der Waals surface area contributed by atoms with Gasteiger partial charge < -0.3 is 21.5 Å². The average Bonchev–Trinajstić information content (AvgIpc) is 3.16. The fraction of sp³-hybridized carbons (Fsp3) is 0.217. The lowest BCUT2D eigenvalue weighted by molar-refractivity contribution is -0.136. The molecule has 0 unspecified atom stereocenters. The molecule has 0 saturated carbocycles. The molecule has 2 aromatic heterocycles. The molecule has 0 bridgehead atoms. The Kier molecular flexibility index (Phi) is 6.56. The second-order valence-electron chi connectivity index (χ2n) is 7.20. The summed E-state index contributed by atoms with van der Waals surface area (Å²) in [6.45, 7) is 2.46. The molecule has 3 amide bonds. The van der Waals surface area contributed by atoms with E-state index in [0.717, 1.165) is 6.42 Å². The van der Waals surface area contributed by atoms with Gasteiger partial charge in [0, 0.05) is 30.9 Å². The van der Waals surface area contributed by atoms with Gasteiger partial charge in [-0.15, -0.1) is 0 Å². The number of primary amides is 2. The smallest absolute Gasteiger partial charge is 0.269 e. The van der Waals surface area contributed by atoms with Crippen LogP contribution >= 0.6 is 0 Å². The van der Waals surface area contributed by atoms with E-state index in [1.54, 1.807) is 41.8 Å². The Morgan fingerprint density at radius 1 is 1.19 bits per heavy atom. The summed E-state index contributed by atoms with van der Waals surface area (Å²) in [4.78, 5) is 41.4. The summed E-state index contributed by atoms with van der Waals surface area (Å²) in [6, 6.07) is 9.91. The first-order valence-corrected chi connectivity index (χ1v) is 9.89. The van der Waals surface area contributed by atoms with E-state index in [2.05, 4.69) is 16.8 Å². The van der Waals surface area contributed by atoms with Crippen LogP contribution in [0.15, 0.2) is 42.6 Å². The Balaban J connectivity index is 2.01. The molecule has 5 N–H and O–H groups in total. The van der Waals surface area contributed by atoms with E-state index in [-0.39, 0.29) is 11.3 Å². The third-order valence-electron chi connectivity index (χ3n) is 4.80. The quantitative estimate of drug-likeness (QED) is 0.492. The number of carbonyl (C=O) groups is 3. The summed E-state index contributed by atoms with van der Waals surface area (Å²) in [5.74, 6) is 3.89. The molecule has 0 aliphatic heterocycles. The number of carbonyl (C=O) groups excluding carboxylic acids is 3. The van der Waals surface area contributed by atoms with Crippen molar-refractivity contribution in [3.8, 4) is 23.2 Å². The molecule has 0 radical (unpaired) electrons. The number of likely N-dealkylation sites (N-methyl/N-ethyl adjacent to an activating group) is 1. The van der Waals surface area contributed by atoms with Crippen LogP contribution in [0.3, 0.4) is 0 Å². The number of imidazole rings is 1. The Hall–Kier alpha value is -4.16. The number of fused-ring (bicyclic) bond motifs is 1. The number of rotatable bonds is 6. The molecular weight excluding hydrogens is 410 g/mol. The lowest BCUT2D eigenvalue weighted by atomic mass is 10.1. The zero-order chi connectivity index (χ0) is 23.4. The number of benzene rings is 1. The first-order valence-electron chi connectivity index (χ1n) is 9.89. The number of hydrogen-bond donors (Lipinski definition) is 3. The maximum Gasteiger partial charge on any atom is 0.269 e. The summed E-state index contributed by atoms with van der Waals surface area (Å²) in [5, 5.41) is 10.1. The Bertz CT molecular complexity index is 1270. The molecule has 3 aromatic rings. The molecule has 1 aromatic carbocycles. The van der Waals surface area contributed by atoms with Crippen molar-refractivity contribution in [2.75, 3.05) is 13.6 Å². The lowest BCUT2D eigenvalue weighted by Gasteiger charge is -2.16. The third kappa shape index (κ3) is 4.61. The normalized spacial score (nSPS) is 11.5. The summed E-state index contributed by atoms with van der Waals surface area (Å²) < 4.78 is 1.56. The summed E-state index contributed by atoms with van der Waals surface area (Å²) >= 11 is 0. The van der Waals surface area contributed by atoms with Gasteiger partial charge in [0.2, 0.25) is 5.91 Å². The minimum atomic E-state index is -1.44. The SMILES string of the molecule is CCCN(C)C(=O)[C@H](O)C#Cc1cccc(-c2nc(C(N)=O)c3ccc(C(N)=O)cn23)c1. The maximum absolute atomic E-state index is 12.1. The van der Waals surface area contributed by atoms with Crippen molar-refractivity contribution in [1.82, 2.24) is 14.3 Å². The van der Waals surface area contributed by atoms with Crippen molar-refractivity contribution >= 4 is 23.2 Å². The average molecular weight is 433 g/mol. The second-order valence-corrected chi connectivity index (χ2v) is 7.20. The molecule has 0 spiro atoms. The predicted molar refractivity (Wildman–Crippen MR) is 118 cm³/mol. The number of aliphatic hydroxyl groups excluding tert-OH is 1. The van der Waals surface area contributed by atoms with E-state index >= 15 is 0 Å². The monoisotopic (exact) mass is 433 g/mol. The zero-order valence-corrected chi connectivity index (χ0v) is 17.7. The molecule has 0 aliphatic carbocycles. The maximum atomic E-state index is 12.1. The van der Waals surface area contributed by atoms with Gasteiger partial charge in [-0.2, -0.15) is 0 Å². The number of hydrogen-bond acceptors (Lipinski definition) is 5. The minimum Gasteiger partial charge on any atom is -0.372 e. The van der Waals surface area contributed by atoms with Gasteiger partial charge in [-0.25, -0.2) is 4.98 Å². The molecule has 164 valence electrons. The molecule has 2 heterocycles. The van der Waals surface area contributed by atoms with Crippen LogP contribution in [0.25, 0.3) is 16.9 Å². The van der Waals surface area contributed by atoms with Crippen LogP contribution in [0.4, 0.5) is 0 Å². The zero-order valence-electron chi connectivity index (χ0n) is 17.7. The van der Waals surface area contributed by atoms with E-state index in [4.69, 9.17) is 11.5 Å². The number of aliphatic hydroxyl groups is 1. The summed E-state index contributed by atoms with van der Waals surface area (Å²) in [6.07, 6.45) is 0.812. The van der Waals surface area contributed by atoms with Gasteiger partial charge in [0.15, 0.2) is 11.8 Å². The molecule has 0 fully saturated rings. The van der Waals surface area contributed by atoms with Crippen LogP contribution in [0.5, 0.6) is 0 Å². The van der Waals surface area contributed by atoms with Crippen molar-refractivity contribution < 1.29 is 19.5 Å². The molecule has 0 saturated heterocycles. The van der Waals surface area contributed by atoms with Crippen LogP contribution in [0.2, 0.25) is 0 Å². The van der Waals surface area contributed by atoms with E-state index in [1.807, 2.05) is 6.92 Å². The predicted octanol–water partition coefficient (Wildman–Crippen LogP) is 0.780. The fourth-order valence-electron chi connectivity index (χ4n) is 3.22. The molecule has 3 rings (SSSR count). The van der Waals surface area contributed by atoms with Crippen molar-refractivity contribution in [3.63, 3.8) is 0 Å². The van der Waals surface area contributed by atoms with Crippen molar-refractivity contribution in [1.29, 1.82) is 0 Å².